The summed E-state index contributed by atoms with van der Waals surface area (Å²) < 4.78 is 9.90. The molecule has 0 amide bonds. The summed E-state index contributed by atoms with van der Waals surface area (Å²) in [5.74, 6) is 0.806. The van der Waals surface area contributed by atoms with Crippen molar-refractivity contribution < 1.29 is 14.1 Å². The fourth-order valence-electron chi connectivity index (χ4n) is 2.23. The number of benzene rings is 2. The summed E-state index contributed by atoms with van der Waals surface area (Å²) in [5, 5.41) is 7.16. The molecule has 0 radical (unpaired) electrons. The monoisotopic (exact) mass is 323 g/mol. The molecule has 0 bridgehead atoms. The average Bonchev–Trinajstić information content (AvgIpc) is 3.08. The van der Waals surface area contributed by atoms with Crippen molar-refractivity contribution in [3.05, 3.63) is 77.4 Å². The second-order valence-corrected chi connectivity index (χ2v) is 5.19. The van der Waals surface area contributed by atoms with Crippen LogP contribution in [0.1, 0.15) is 27.6 Å². The molecule has 0 aliphatic carbocycles. The van der Waals surface area contributed by atoms with Crippen LogP contribution in [-0.2, 0) is 17.7 Å². The third kappa shape index (κ3) is 3.98. The minimum absolute atomic E-state index is 0.357. The van der Waals surface area contributed by atoms with E-state index in [1.165, 1.54) is 7.11 Å². The predicted octanol–water partition coefficient (Wildman–Crippen LogP) is 3.06. The van der Waals surface area contributed by atoms with Gasteiger partial charge in [-0.1, -0.05) is 35.5 Å². The van der Waals surface area contributed by atoms with Crippen molar-refractivity contribution >= 4 is 11.7 Å². The lowest BCUT2D eigenvalue weighted by Crippen LogP contribution is -2.03. The molecule has 0 atom stereocenters. The lowest BCUT2D eigenvalue weighted by molar-refractivity contribution is 0.0601. The Kier molecular flexibility index (Phi) is 4.86. The highest BCUT2D eigenvalue weighted by atomic mass is 16.5. The van der Waals surface area contributed by atoms with Crippen molar-refractivity contribution in [1.29, 1.82) is 0 Å². The number of anilines is 1. The molecule has 3 aromatic rings. The maximum absolute atomic E-state index is 11.4. The first-order valence-corrected chi connectivity index (χ1v) is 7.52. The van der Waals surface area contributed by atoms with Crippen molar-refractivity contribution in [1.82, 2.24) is 10.1 Å². The molecular weight excluding hydrogens is 306 g/mol. The second-order valence-electron chi connectivity index (χ2n) is 5.19. The number of nitrogens with one attached hydrogen (secondary N) is 1. The molecule has 0 saturated heterocycles. The van der Waals surface area contributed by atoms with Crippen LogP contribution < -0.4 is 5.32 Å². The topological polar surface area (TPSA) is 77.2 Å². The van der Waals surface area contributed by atoms with E-state index in [1.54, 1.807) is 24.3 Å². The van der Waals surface area contributed by atoms with Crippen LogP contribution in [0.15, 0.2) is 59.1 Å². The molecule has 0 spiro atoms. The fourth-order valence-corrected chi connectivity index (χ4v) is 2.23. The van der Waals surface area contributed by atoms with Gasteiger partial charge in [-0.3, -0.25) is 0 Å². The zero-order valence-electron chi connectivity index (χ0n) is 13.2. The number of esters is 1. The summed E-state index contributed by atoms with van der Waals surface area (Å²) in [6, 6.07) is 17.0. The highest BCUT2D eigenvalue weighted by molar-refractivity contribution is 5.89. The van der Waals surface area contributed by atoms with Gasteiger partial charge in [0.25, 0.3) is 0 Å². The van der Waals surface area contributed by atoms with Crippen molar-refractivity contribution in [3.63, 3.8) is 0 Å². The Morgan fingerprint density at radius 2 is 1.88 bits per heavy atom. The van der Waals surface area contributed by atoms with Gasteiger partial charge >= 0.3 is 5.97 Å². The van der Waals surface area contributed by atoms with E-state index >= 15 is 0 Å². The molecule has 0 unspecified atom stereocenters. The van der Waals surface area contributed by atoms with Gasteiger partial charge in [-0.05, 0) is 29.8 Å². The van der Waals surface area contributed by atoms with Crippen LogP contribution >= 0.6 is 0 Å². The molecule has 6 heteroatoms. The molecule has 0 saturated carbocycles. The van der Waals surface area contributed by atoms with Crippen molar-refractivity contribution in [2.24, 2.45) is 0 Å². The molecule has 122 valence electrons. The van der Waals surface area contributed by atoms with Gasteiger partial charge in [0.15, 0.2) is 5.82 Å². The Hall–Kier alpha value is -3.15. The largest absolute Gasteiger partial charge is 0.465 e. The summed E-state index contributed by atoms with van der Waals surface area (Å²) >= 11 is 0. The molecule has 3 rings (SSSR count). The van der Waals surface area contributed by atoms with Gasteiger partial charge < -0.3 is 14.6 Å². The first-order chi connectivity index (χ1) is 11.7. The predicted molar refractivity (Wildman–Crippen MR) is 88.7 cm³/mol. The molecule has 24 heavy (non-hydrogen) atoms. The Bertz CT molecular complexity index is 798. The van der Waals surface area contributed by atoms with E-state index in [0.29, 0.717) is 30.2 Å². The van der Waals surface area contributed by atoms with Gasteiger partial charge in [0.1, 0.15) is 0 Å². The highest BCUT2D eigenvalue weighted by Crippen LogP contribution is 2.12. The minimum Gasteiger partial charge on any atom is -0.465 e. The molecule has 0 aliphatic rings. The third-order valence-electron chi connectivity index (χ3n) is 3.46. The Balaban J connectivity index is 1.56. The van der Waals surface area contributed by atoms with Crippen molar-refractivity contribution in [2.75, 3.05) is 12.4 Å². The van der Waals surface area contributed by atoms with Crippen molar-refractivity contribution in [3.8, 4) is 0 Å². The number of rotatable bonds is 6. The van der Waals surface area contributed by atoms with E-state index in [9.17, 15) is 4.79 Å². The van der Waals surface area contributed by atoms with Gasteiger partial charge in [-0.15, -0.1) is 0 Å². The normalized spacial score (nSPS) is 10.4. The molecule has 1 aromatic heterocycles. The lowest BCUT2D eigenvalue weighted by atomic mass is 10.1. The maximum Gasteiger partial charge on any atom is 0.337 e. The van der Waals surface area contributed by atoms with E-state index in [-0.39, 0.29) is 5.97 Å². The number of ether oxygens (including phenoxy) is 1. The SMILES string of the molecule is COC(=O)c1ccc(NCc2nc(Cc3ccccc3)no2)cc1. The number of hydrogen-bond acceptors (Lipinski definition) is 6. The van der Waals surface area contributed by atoms with Gasteiger partial charge in [-0.2, -0.15) is 4.98 Å². The molecule has 6 nitrogen and oxygen atoms in total. The van der Waals surface area contributed by atoms with E-state index < -0.39 is 0 Å². The molecule has 1 heterocycles. The van der Waals surface area contributed by atoms with Crippen molar-refractivity contribution in [2.45, 2.75) is 13.0 Å². The molecule has 0 fully saturated rings. The van der Waals surface area contributed by atoms with Crippen LogP contribution in [0.5, 0.6) is 0 Å². The molecule has 1 N–H and O–H groups in total. The van der Waals surface area contributed by atoms with E-state index in [1.807, 2.05) is 30.3 Å². The number of nitrogens with zero attached hydrogens (tertiary/aromatic N) is 2. The third-order valence-corrected chi connectivity index (χ3v) is 3.46. The summed E-state index contributed by atoms with van der Waals surface area (Å²) in [7, 11) is 1.36. The standard InChI is InChI=1S/C18H17N3O3/c1-23-18(22)14-7-9-15(10-8-14)19-12-17-20-16(21-24-17)11-13-5-3-2-4-6-13/h2-10,19H,11-12H2,1H3. The summed E-state index contributed by atoms with van der Waals surface area (Å²) in [4.78, 5) is 15.7. The van der Waals surface area contributed by atoms with Gasteiger partial charge in [-0.25, -0.2) is 4.79 Å². The van der Waals surface area contributed by atoms with Crippen LogP contribution in [0, 0.1) is 0 Å². The average molecular weight is 323 g/mol. The van der Waals surface area contributed by atoms with E-state index in [2.05, 4.69) is 20.2 Å². The van der Waals surface area contributed by atoms with E-state index in [0.717, 1.165) is 11.3 Å². The Morgan fingerprint density at radius 1 is 1.12 bits per heavy atom. The van der Waals surface area contributed by atoms with Crippen LogP contribution in [0.2, 0.25) is 0 Å². The highest BCUT2D eigenvalue weighted by Gasteiger charge is 2.08. The molecule has 0 aliphatic heterocycles. The second kappa shape index (κ2) is 7.41. The summed E-state index contributed by atoms with van der Waals surface area (Å²) in [6.45, 7) is 0.416. The minimum atomic E-state index is -0.357. The lowest BCUT2D eigenvalue weighted by Gasteiger charge is -2.04. The number of carbonyl (C=O) groups excluding carboxylic acids is 1. The smallest absolute Gasteiger partial charge is 0.337 e. The van der Waals surface area contributed by atoms with Gasteiger partial charge in [0, 0.05) is 12.1 Å². The van der Waals surface area contributed by atoms with E-state index in [4.69, 9.17) is 4.52 Å². The van der Waals surface area contributed by atoms with Gasteiger partial charge in [0.05, 0.1) is 19.2 Å². The van der Waals surface area contributed by atoms with Gasteiger partial charge in [0.2, 0.25) is 5.89 Å². The first kappa shape index (κ1) is 15.7. The first-order valence-electron chi connectivity index (χ1n) is 7.52. The summed E-state index contributed by atoms with van der Waals surface area (Å²) in [6.07, 6.45) is 0.637. The quantitative estimate of drug-likeness (QED) is 0.703. The zero-order valence-corrected chi connectivity index (χ0v) is 13.2. The summed E-state index contributed by atoms with van der Waals surface area (Å²) in [5.41, 5.74) is 2.49. The van der Waals surface area contributed by atoms with Crippen LogP contribution in [-0.4, -0.2) is 23.2 Å². The van der Waals surface area contributed by atoms with Crippen LogP contribution in [0.25, 0.3) is 0 Å². The molecular formula is C18H17N3O3. The number of methoxy groups -OCH3 is 1. The Morgan fingerprint density at radius 3 is 2.58 bits per heavy atom. The van der Waals surface area contributed by atoms with Crippen LogP contribution in [0.3, 0.4) is 0 Å². The zero-order chi connectivity index (χ0) is 16.8. The number of aromatic nitrogens is 2. The van der Waals surface area contributed by atoms with Crippen LogP contribution in [0.4, 0.5) is 5.69 Å². The Labute approximate surface area is 139 Å². The number of carbonyl (C=O) groups is 1. The maximum atomic E-state index is 11.4. The molecule has 2 aromatic carbocycles. The fraction of sp³-hybridized carbons (Fsp3) is 0.167. The number of hydrogen-bond donors (Lipinski definition) is 1.